The Morgan fingerprint density at radius 2 is 2.12 bits per heavy atom. The van der Waals surface area contributed by atoms with E-state index >= 15 is 0 Å². The number of aromatic nitrogens is 2. The van der Waals surface area contributed by atoms with E-state index in [-0.39, 0.29) is 6.42 Å². The molecule has 4 nitrogen and oxygen atoms in total. The third kappa shape index (κ3) is 2.51. The van der Waals surface area contributed by atoms with Gasteiger partial charge in [0.2, 0.25) is 0 Å². The molecule has 1 aromatic rings. The SMILES string of the molecule is Cc1c(CCC(=O)O)nn(C)c1C1CCCC1. The van der Waals surface area contributed by atoms with Crippen molar-refractivity contribution < 1.29 is 9.90 Å². The number of hydrogen-bond donors (Lipinski definition) is 1. The van der Waals surface area contributed by atoms with Gasteiger partial charge >= 0.3 is 5.97 Å². The molecule has 1 N–H and O–H groups in total. The van der Waals surface area contributed by atoms with E-state index in [0.29, 0.717) is 12.3 Å². The van der Waals surface area contributed by atoms with Gasteiger partial charge in [-0.3, -0.25) is 9.48 Å². The smallest absolute Gasteiger partial charge is 0.303 e. The van der Waals surface area contributed by atoms with Gasteiger partial charge in [-0.25, -0.2) is 0 Å². The molecule has 0 spiro atoms. The summed E-state index contributed by atoms with van der Waals surface area (Å²) in [6, 6.07) is 0. The van der Waals surface area contributed by atoms with Crippen LogP contribution in [0, 0.1) is 6.92 Å². The third-order valence-corrected chi connectivity index (χ3v) is 3.75. The summed E-state index contributed by atoms with van der Waals surface area (Å²) in [6.45, 7) is 2.08. The van der Waals surface area contributed by atoms with Crippen molar-refractivity contribution in [3.8, 4) is 0 Å². The van der Waals surface area contributed by atoms with Gasteiger partial charge in [-0.15, -0.1) is 0 Å². The standard InChI is InChI=1S/C13H20N2O2/c1-9-11(7-8-12(16)17)14-15(2)13(9)10-5-3-4-6-10/h10H,3-8H2,1-2H3,(H,16,17). The van der Waals surface area contributed by atoms with Crippen LogP contribution in [0.3, 0.4) is 0 Å². The van der Waals surface area contributed by atoms with Crippen LogP contribution in [0.1, 0.15) is 55.0 Å². The summed E-state index contributed by atoms with van der Waals surface area (Å²) < 4.78 is 1.96. The molecule has 0 bridgehead atoms. The first-order chi connectivity index (χ1) is 8.09. The number of nitrogens with zero attached hydrogens (tertiary/aromatic N) is 2. The zero-order valence-corrected chi connectivity index (χ0v) is 10.6. The molecule has 0 amide bonds. The van der Waals surface area contributed by atoms with Gasteiger partial charge < -0.3 is 5.11 Å². The lowest BCUT2D eigenvalue weighted by Crippen LogP contribution is -2.03. The van der Waals surface area contributed by atoms with Crippen molar-refractivity contribution in [1.82, 2.24) is 9.78 Å². The van der Waals surface area contributed by atoms with Gasteiger partial charge in [-0.05, 0) is 25.3 Å². The van der Waals surface area contributed by atoms with Crippen LogP contribution in [0.4, 0.5) is 0 Å². The Hall–Kier alpha value is -1.32. The summed E-state index contributed by atoms with van der Waals surface area (Å²) in [4.78, 5) is 10.6. The summed E-state index contributed by atoms with van der Waals surface area (Å²) in [5, 5.41) is 13.2. The monoisotopic (exact) mass is 236 g/mol. The maximum absolute atomic E-state index is 10.6. The topological polar surface area (TPSA) is 55.1 Å². The maximum atomic E-state index is 10.6. The molecule has 0 aliphatic heterocycles. The quantitative estimate of drug-likeness (QED) is 0.873. The molecule has 1 saturated carbocycles. The summed E-state index contributed by atoms with van der Waals surface area (Å²) in [5.74, 6) is -0.122. The summed E-state index contributed by atoms with van der Waals surface area (Å²) in [7, 11) is 1.98. The lowest BCUT2D eigenvalue weighted by Gasteiger charge is -2.10. The van der Waals surface area contributed by atoms with Crippen LogP contribution in [-0.2, 0) is 18.3 Å². The van der Waals surface area contributed by atoms with Crippen molar-refractivity contribution in [1.29, 1.82) is 0 Å². The first-order valence-corrected chi connectivity index (χ1v) is 6.33. The van der Waals surface area contributed by atoms with Crippen LogP contribution >= 0.6 is 0 Å². The average Bonchev–Trinajstić information content (AvgIpc) is 2.84. The van der Waals surface area contributed by atoms with Crippen molar-refractivity contribution in [2.24, 2.45) is 7.05 Å². The normalized spacial score (nSPS) is 16.6. The van der Waals surface area contributed by atoms with Gasteiger partial charge in [-0.1, -0.05) is 12.8 Å². The Morgan fingerprint density at radius 1 is 1.47 bits per heavy atom. The van der Waals surface area contributed by atoms with Crippen molar-refractivity contribution >= 4 is 5.97 Å². The molecule has 94 valence electrons. The number of aryl methyl sites for hydroxylation is 2. The van der Waals surface area contributed by atoms with E-state index in [1.807, 2.05) is 11.7 Å². The molecule has 0 unspecified atom stereocenters. The van der Waals surface area contributed by atoms with E-state index in [1.165, 1.54) is 36.9 Å². The lowest BCUT2D eigenvalue weighted by atomic mass is 9.98. The second-order valence-electron chi connectivity index (χ2n) is 4.96. The highest BCUT2D eigenvalue weighted by Crippen LogP contribution is 2.36. The average molecular weight is 236 g/mol. The van der Waals surface area contributed by atoms with Gasteiger partial charge in [0, 0.05) is 25.1 Å². The van der Waals surface area contributed by atoms with Gasteiger partial charge in [0.1, 0.15) is 0 Å². The predicted octanol–water partition coefficient (Wildman–Crippen LogP) is 2.40. The molecule has 0 aromatic carbocycles. The summed E-state index contributed by atoms with van der Waals surface area (Å²) in [6.07, 6.45) is 5.82. The lowest BCUT2D eigenvalue weighted by molar-refractivity contribution is -0.136. The molecule has 1 aromatic heterocycles. The number of hydrogen-bond acceptors (Lipinski definition) is 2. The van der Waals surface area contributed by atoms with E-state index in [2.05, 4.69) is 12.0 Å². The van der Waals surface area contributed by atoms with E-state index in [4.69, 9.17) is 5.11 Å². The van der Waals surface area contributed by atoms with Crippen LogP contribution in [-0.4, -0.2) is 20.9 Å². The Labute approximate surface area is 102 Å². The minimum atomic E-state index is -0.752. The van der Waals surface area contributed by atoms with E-state index in [0.717, 1.165) is 5.69 Å². The fourth-order valence-electron chi connectivity index (χ4n) is 2.93. The van der Waals surface area contributed by atoms with Gasteiger partial charge in [-0.2, -0.15) is 5.10 Å². The number of carbonyl (C=O) groups is 1. The predicted molar refractivity (Wildman–Crippen MR) is 65.1 cm³/mol. The third-order valence-electron chi connectivity index (χ3n) is 3.75. The minimum absolute atomic E-state index is 0.169. The molecule has 4 heteroatoms. The Morgan fingerprint density at radius 3 is 2.71 bits per heavy atom. The Balaban J connectivity index is 2.19. The van der Waals surface area contributed by atoms with Crippen molar-refractivity contribution in [2.45, 2.75) is 51.4 Å². The minimum Gasteiger partial charge on any atom is -0.481 e. The van der Waals surface area contributed by atoms with Gasteiger partial charge in [0.25, 0.3) is 0 Å². The molecule has 1 aliphatic rings. The molecule has 17 heavy (non-hydrogen) atoms. The molecule has 0 radical (unpaired) electrons. The second-order valence-corrected chi connectivity index (χ2v) is 4.96. The molecule has 0 saturated heterocycles. The molecule has 0 atom stereocenters. The van der Waals surface area contributed by atoms with Crippen molar-refractivity contribution in [3.05, 3.63) is 17.0 Å². The highest BCUT2D eigenvalue weighted by Gasteiger charge is 2.24. The Bertz CT molecular complexity index is 417. The highest BCUT2D eigenvalue weighted by atomic mass is 16.4. The van der Waals surface area contributed by atoms with Crippen LogP contribution in [0.5, 0.6) is 0 Å². The summed E-state index contributed by atoms with van der Waals surface area (Å²) >= 11 is 0. The van der Waals surface area contributed by atoms with Gasteiger partial charge in [0.05, 0.1) is 12.1 Å². The Kier molecular flexibility index (Phi) is 3.50. The highest BCUT2D eigenvalue weighted by molar-refractivity contribution is 5.67. The van der Waals surface area contributed by atoms with E-state index in [1.54, 1.807) is 0 Å². The zero-order chi connectivity index (χ0) is 12.4. The molecule has 1 heterocycles. The number of rotatable bonds is 4. The maximum Gasteiger partial charge on any atom is 0.303 e. The van der Waals surface area contributed by atoms with Gasteiger partial charge in [0.15, 0.2) is 0 Å². The van der Waals surface area contributed by atoms with Crippen LogP contribution in [0.25, 0.3) is 0 Å². The fourth-order valence-corrected chi connectivity index (χ4v) is 2.93. The van der Waals surface area contributed by atoms with E-state index in [9.17, 15) is 4.79 Å². The summed E-state index contributed by atoms with van der Waals surface area (Å²) in [5.41, 5.74) is 3.49. The van der Waals surface area contributed by atoms with Crippen molar-refractivity contribution in [2.75, 3.05) is 0 Å². The van der Waals surface area contributed by atoms with Crippen molar-refractivity contribution in [3.63, 3.8) is 0 Å². The largest absolute Gasteiger partial charge is 0.481 e. The van der Waals surface area contributed by atoms with E-state index < -0.39 is 5.97 Å². The first kappa shape index (κ1) is 12.1. The number of carboxylic acid groups (broad SMARTS) is 1. The molecule has 1 fully saturated rings. The number of carboxylic acids is 1. The van der Waals surface area contributed by atoms with Crippen LogP contribution in [0.2, 0.25) is 0 Å². The van der Waals surface area contributed by atoms with Crippen LogP contribution in [0.15, 0.2) is 0 Å². The number of aliphatic carboxylic acids is 1. The molecular weight excluding hydrogens is 216 g/mol. The molecule has 2 rings (SSSR count). The fraction of sp³-hybridized carbons (Fsp3) is 0.692. The van der Waals surface area contributed by atoms with Crippen LogP contribution < -0.4 is 0 Å². The zero-order valence-electron chi connectivity index (χ0n) is 10.6. The molecule has 1 aliphatic carbocycles. The first-order valence-electron chi connectivity index (χ1n) is 6.33. The molecular formula is C13H20N2O2. The second kappa shape index (κ2) is 4.90.